The zero-order valence-electron chi connectivity index (χ0n) is 10.5. The highest BCUT2D eigenvalue weighted by atomic mass is 79.9. The normalized spacial score (nSPS) is 17.9. The molecular weight excluding hydrogens is 298 g/mol. The quantitative estimate of drug-likeness (QED) is 0.901. The molecule has 0 saturated carbocycles. The number of likely N-dealkylation sites (N-methyl/N-ethyl adjacent to an activating group) is 1. The molecule has 18 heavy (non-hydrogen) atoms. The van der Waals surface area contributed by atoms with Crippen molar-refractivity contribution in [1.29, 1.82) is 0 Å². The van der Waals surface area contributed by atoms with Gasteiger partial charge in [-0.15, -0.1) is 0 Å². The highest BCUT2D eigenvalue weighted by molar-refractivity contribution is 9.10. The van der Waals surface area contributed by atoms with E-state index in [1.165, 1.54) is 0 Å². The van der Waals surface area contributed by atoms with Crippen molar-refractivity contribution in [2.75, 3.05) is 46.3 Å². The zero-order valence-corrected chi connectivity index (χ0v) is 12.1. The van der Waals surface area contributed by atoms with Gasteiger partial charge >= 0.3 is 0 Å². The third-order valence-electron chi connectivity index (χ3n) is 3.11. The number of furan rings is 1. The van der Waals surface area contributed by atoms with Crippen LogP contribution in [0.2, 0.25) is 0 Å². The molecule has 0 bridgehead atoms. The van der Waals surface area contributed by atoms with E-state index in [0.717, 1.165) is 32.7 Å². The minimum atomic E-state index is -0.158. The number of nitrogens with one attached hydrogen (secondary N) is 1. The van der Waals surface area contributed by atoms with Gasteiger partial charge in [-0.2, -0.15) is 0 Å². The highest BCUT2D eigenvalue weighted by Gasteiger charge is 2.14. The first-order chi connectivity index (χ1) is 8.65. The van der Waals surface area contributed by atoms with Crippen molar-refractivity contribution in [3.8, 4) is 0 Å². The molecule has 5 nitrogen and oxygen atoms in total. The summed E-state index contributed by atoms with van der Waals surface area (Å²) in [5.41, 5.74) is 0. The molecule has 1 aliphatic heterocycles. The number of amides is 1. The molecule has 0 spiro atoms. The Morgan fingerprint density at radius 3 is 2.72 bits per heavy atom. The second kappa shape index (κ2) is 6.36. The van der Waals surface area contributed by atoms with Gasteiger partial charge in [-0.25, -0.2) is 0 Å². The Balaban J connectivity index is 1.67. The summed E-state index contributed by atoms with van der Waals surface area (Å²) in [7, 11) is 2.13. The van der Waals surface area contributed by atoms with E-state index < -0.39 is 0 Å². The fourth-order valence-electron chi connectivity index (χ4n) is 1.92. The van der Waals surface area contributed by atoms with Crippen molar-refractivity contribution in [2.45, 2.75) is 0 Å². The van der Waals surface area contributed by atoms with Crippen molar-refractivity contribution in [2.24, 2.45) is 0 Å². The maximum atomic E-state index is 11.7. The molecule has 0 radical (unpaired) electrons. The first kappa shape index (κ1) is 13.6. The molecule has 0 unspecified atom stereocenters. The number of hydrogen-bond donors (Lipinski definition) is 1. The lowest BCUT2D eigenvalue weighted by molar-refractivity contribution is 0.0912. The van der Waals surface area contributed by atoms with E-state index in [-0.39, 0.29) is 5.91 Å². The van der Waals surface area contributed by atoms with Crippen LogP contribution in [-0.2, 0) is 0 Å². The summed E-state index contributed by atoms with van der Waals surface area (Å²) in [6.45, 7) is 5.87. The third kappa shape index (κ3) is 3.83. The van der Waals surface area contributed by atoms with E-state index in [4.69, 9.17) is 4.42 Å². The summed E-state index contributed by atoms with van der Waals surface area (Å²) < 4.78 is 5.76. The second-order valence-electron chi connectivity index (χ2n) is 4.50. The third-order valence-corrected chi connectivity index (χ3v) is 3.53. The molecule has 1 aliphatic rings. The van der Waals surface area contributed by atoms with E-state index in [9.17, 15) is 4.79 Å². The SMILES string of the molecule is CN1CCN(CCNC(=O)c2ccc(Br)o2)CC1. The molecule has 1 aromatic heterocycles. The molecule has 0 atom stereocenters. The first-order valence-electron chi connectivity index (χ1n) is 6.09. The van der Waals surface area contributed by atoms with Gasteiger partial charge in [0.05, 0.1) is 0 Å². The predicted octanol–water partition coefficient (Wildman–Crippen LogP) is 1.02. The van der Waals surface area contributed by atoms with E-state index in [1.54, 1.807) is 12.1 Å². The van der Waals surface area contributed by atoms with E-state index >= 15 is 0 Å². The number of carbonyl (C=O) groups excluding carboxylic acids is 1. The predicted molar refractivity (Wildman–Crippen MR) is 72.7 cm³/mol. The Hall–Kier alpha value is -0.850. The minimum Gasteiger partial charge on any atom is -0.444 e. The van der Waals surface area contributed by atoms with Crippen molar-refractivity contribution in [3.05, 3.63) is 22.6 Å². The van der Waals surface area contributed by atoms with Crippen LogP contribution >= 0.6 is 15.9 Å². The molecule has 2 rings (SSSR count). The van der Waals surface area contributed by atoms with E-state index in [0.29, 0.717) is 17.0 Å². The Bertz CT molecular complexity index is 400. The smallest absolute Gasteiger partial charge is 0.287 e. The van der Waals surface area contributed by atoms with Gasteiger partial charge < -0.3 is 14.6 Å². The fraction of sp³-hybridized carbons (Fsp3) is 0.583. The van der Waals surface area contributed by atoms with Crippen molar-refractivity contribution < 1.29 is 9.21 Å². The maximum absolute atomic E-state index is 11.7. The summed E-state index contributed by atoms with van der Waals surface area (Å²) in [5.74, 6) is 0.190. The molecule has 1 saturated heterocycles. The van der Waals surface area contributed by atoms with Gasteiger partial charge in [0, 0.05) is 39.3 Å². The van der Waals surface area contributed by atoms with Gasteiger partial charge in [-0.1, -0.05) is 0 Å². The average molecular weight is 316 g/mol. The van der Waals surface area contributed by atoms with E-state index in [2.05, 4.69) is 38.1 Å². The highest BCUT2D eigenvalue weighted by Crippen LogP contribution is 2.13. The van der Waals surface area contributed by atoms with Crippen LogP contribution in [-0.4, -0.2) is 62.0 Å². The fourth-order valence-corrected chi connectivity index (χ4v) is 2.23. The van der Waals surface area contributed by atoms with Crippen molar-refractivity contribution >= 4 is 21.8 Å². The summed E-state index contributed by atoms with van der Waals surface area (Å²) in [5, 5.41) is 2.86. The van der Waals surface area contributed by atoms with Crippen LogP contribution < -0.4 is 5.32 Å². The molecule has 1 amide bonds. The lowest BCUT2D eigenvalue weighted by atomic mass is 10.3. The number of carbonyl (C=O) groups is 1. The number of hydrogen-bond acceptors (Lipinski definition) is 4. The van der Waals surface area contributed by atoms with Crippen LogP contribution in [0.4, 0.5) is 0 Å². The maximum Gasteiger partial charge on any atom is 0.287 e. The topological polar surface area (TPSA) is 48.7 Å². The van der Waals surface area contributed by atoms with Gasteiger partial charge in [-0.05, 0) is 35.1 Å². The average Bonchev–Trinajstić information content (AvgIpc) is 2.78. The number of nitrogens with zero attached hydrogens (tertiary/aromatic N) is 2. The minimum absolute atomic E-state index is 0.158. The molecule has 100 valence electrons. The Labute approximate surface area is 115 Å². The summed E-state index contributed by atoms with van der Waals surface area (Å²) in [4.78, 5) is 16.4. The molecule has 1 aromatic rings. The molecule has 6 heteroatoms. The first-order valence-corrected chi connectivity index (χ1v) is 6.89. The molecule has 1 N–H and O–H groups in total. The lowest BCUT2D eigenvalue weighted by Crippen LogP contribution is -2.46. The summed E-state index contributed by atoms with van der Waals surface area (Å²) in [6, 6.07) is 3.38. The van der Waals surface area contributed by atoms with Gasteiger partial charge in [0.15, 0.2) is 10.4 Å². The Morgan fingerprint density at radius 2 is 2.11 bits per heavy atom. The molecule has 0 aliphatic carbocycles. The Morgan fingerprint density at radius 1 is 1.39 bits per heavy atom. The van der Waals surface area contributed by atoms with Gasteiger partial charge in [0.1, 0.15) is 0 Å². The van der Waals surface area contributed by atoms with Crippen LogP contribution in [0, 0.1) is 0 Å². The van der Waals surface area contributed by atoms with Crippen LogP contribution in [0.25, 0.3) is 0 Å². The van der Waals surface area contributed by atoms with Gasteiger partial charge in [0.25, 0.3) is 5.91 Å². The number of piperazine rings is 1. The molecule has 1 fully saturated rings. The van der Waals surface area contributed by atoms with Crippen LogP contribution in [0.3, 0.4) is 0 Å². The largest absolute Gasteiger partial charge is 0.444 e. The Kier molecular flexibility index (Phi) is 4.79. The standard InChI is InChI=1S/C12H18BrN3O2/c1-15-6-8-16(9-7-15)5-4-14-12(17)10-2-3-11(13)18-10/h2-3H,4-9H2,1H3,(H,14,17). The summed E-state index contributed by atoms with van der Waals surface area (Å²) >= 11 is 3.18. The molecule has 0 aromatic carbocycles. The lowest BCUT2D eigenvalue weighted by Gasteiger charge is -2.32. The number of halogens is 1. The van der Waals surface area contributed by atoms with Crippen LogP contribution in [0.15, 0.2) is 21.2 Å². The second-order valence-corrected chi connectivity index (χ2v) is 5.29. The van der Waals surface area contributed by atoms with Crippen LogP contribution in [0.1, 0.15) is 10.6 Å². The van der Waals surface area contributed by atoms with Crippen LogP contribution in [0.5, 0.6) is 0 Å². The number of rotatable bonds is 4. The molecular formula is C12H18BrN3O2. The molecule has 2 heterocycles. The zero-order chi connectivity index (χ0) is 13.0. The van der Waals surface area contributed by atoms with Gasteiger partial charge in [-0.3, -0.25) is 9.69 Å². The van der Waals surface area contributed by atoms with E-state index in [1.807, 2.05) is 0 Å². The monoisotopic (exact) mass is 315 g/mol. The van der Waals surface area contributed by atoms with Gasteiger partial charge in [0.2, 0.25) is 0 Å². The van der Waals surface area contributed by atoms with Crippen molar-refractivity contribution in [3.63, 3.8) is 0 Å². The summed E-state index contributed by atoms with van der Waals surface area (Å²) in [6.07, 6.45) is 0. The van der Waals surface area contributed by atoms with Crippen molar-refractivity contribution in [1.82, 2.24) is 15.1 Å².